The maximum Gasteiger partial charge on any atom is 0.338 e. The number of amides is 2. The summed E-state index contributed by atoms with van der Waals surface area (Å²) >= 11 is 0. The topological polar surface area (TPSA) is 92.8 Å². The molecule has 2 aromatic carbocycles. The lowest BCUT2D eigenvalue weighted by atomic mass is 10.1. The molecule has 1 aliphatic rings. The third kappa shape index (κ3) is 3.77. The van der Waals surface area contributed by atoms with E-state index in [-0.39, 0.29) is 12.2 Å². The third-order valence-electron chi connectivity index (χ3n) is 3.91. The second kappa shape index (κ2) is 7.65. The molecule has 0 saturated carbocycles. The lowest BCUT2D eigenvalue weighted by Crippen LogP contribution is -2.35. The molecule has 0 aliphatic carbocycles. The number of ether oxygens (including phenoxy) is 1. The van der Waals surface area contributed by atoms with Gasteiger partial charge in [-0.1, -0.05) is 24.3 Å². The smallest absolute Gasteiger partial charge is 0.338 e. The fourth-order valence-corrected chi connectivity index (χ4v) is 2.54. The van der Waals surface area contributed by atoms with Gasteiger partial charge in [-0.25, -0.2) is 9.80 Å². The first-order valence-electron chi connectivity index (χ1n) is 8.23. The van der Waals surface area contributed by atoms with Gasteiger partial charge in [0.15, 0.2) is 0 Å². The number of hydrogen-bond donors (Lipinski definition) is 1. The Morgan fingerprint density at radius 3 is 2.26 bits per heavy atom. The molecule has 7 heteroatoms. The van der Waals surface area contributed by atoms with Crippen molar-refractivity contribution in [1.29, 1.82) is 0 Å². The van der Waals surface area contributed by atoms with Crippen LogP contribution in [0.3, 0.4) is 0 Å². The van der Waals surface area contributed by atoms with Crippen LogP contribution in [0.25, 0.3) is 6.08 Å². The van der Waals surface area contributed by atoms with E-state index >= 15 is 0 Å². The lowest BCUT2D eigenvalue weighted by Gasteiger charge is -2.14. The first kappa shape index (κ1) is 18.1. The summed E-state index contributed by atoms with van der Waals surface area (Å²) < 4.78 is 4.91. The van der Waals surface area contributed by atoms with Crippen LogP contribution in [0.2, 0.25) is 0 Å². The van der Waals surface area contributed by atoms with Crippen LogP contribution >= 0.6 is 0 Å². The predicted octanol–water partition coefficient (Wildman–Crippen LogP) is 2.14. The molecule has 1 heterocycles. The first-order chi connectivity index (χ1) is 13.0. The average molecular weight is 364 g/mol. The standard InChI is InChI=1S/C20H16N2O5/c1-2-27-20(26)15-7-9-16(10-8-15)22-19(25)17(18(24)21-22)11-13-3-5-14(12-23)6-4-13/h3-12H,2H2,1H3,(H,21,24)/b17-11+. The second-order valence-corrected chi connectivity index (χ2v) is 5.69. The van der Waals surface area contributed by atoms with Crippen molar-refractivity contribution in [3.05, 3.63) is 70.8 Å². The van der Waals surface area contributed by atoms with Crippen molar-refractivity contribution in [1.82, 2.24) is 5.43 Å². The molecular formula is C20H16N2O5. The van der Waals surface area contributed by atoms with E-state index in [4.69, 9.17) is 4.74 Å². The number of aldehydes is 1. The zero-order valence-electron chi connectivity index (χ0n) is 14.5. The Labute approximate surface area is 155 Å². The van der Waals surface area contributed by atoms with Gasteiger partial charge in [-0.2, -0.15) is 0 Å². The summed E-state index contributed by atoms with van der Waals surface area (Å²) in [7, 11) is 0. The molecule has 0 spiro atoms. The summed E-state index contributed by atoms with van der Waals surface area (Å²) in [6.07, 6.45) is 2.17. The van der Waals surface area contributed by atoms with E-state index in [0.29, 0.717) is 28.7 Å². The number of rotatable bonds is 5. The number of hydrazine groups is 1. The van der Waals surface area contributed by atoms with Crippen LogP contribution < -0.4 is 10.4 Å². The Morgan fingerprint density at radius 2 is 1.67 bits per heavy atom. The van der Waals surface area contributed by atoms with Gasteiger partial charge in [0.25, 0.3) is 11.8 Å². The number of nitrogens with zero attached hydrogens (tertiary/aromatic N) is 1. The van der Waals surface area contributed by atoms with E-state index in [1.54, 1.807) is 43.3 Å². The Morgan fingerprint density at radius 1 is 1.04 bits per heavy atom. The number of carbonyl (C=O) groups is 4. The lowest BCUT2D eigenvalue weighted by molar-refractivity contribution is -0.117. The summed E-state index contributed by atoms with van der Waals surface area (Å²) in [6.45, 7) is 1.98. The maximum atomic E-state index is 12.6. The Hall–Kier alpha value is -3.74. The molecule has 1 saturated heterocycles. The van der Waals surface area contributed by atoms with Crippen molar-refractivity contribution in [3.63, 3.8) is 0 Å². The summed E-state index contributed by atoms with van der Waals surface area (Å²) in [6, 6.07) is 12.6. The molecule has 0 unspecified atom stereocenters. The first-order valence-corrected chi connectivity index (χ1v) is 8.23. The summed E-state index contributed by atoms with van der Waals surface area (Å²) in [5.41, 5.74) is 4.36. The predicted molar refractivity (Wildman–Crippen MR) is 97.8 cm³/mol. The Kier molecular flexibility index (Phi) is 5.12. The molecule has 1 aliphatic heterocycles. The van der Waals surface area contributed by atoms with E-state index in [1.165, 1.54) is 18.2 Å². The van der Waals surface area contributed by atoms with Gasteiger partial charge in [0.2, 0.25) is 0 Å². The van der Waals surface area contributed by atoms with Crippen molar-refractivity contribution >= 4 is 35.8 Å². The van der Waals surface area contributed by atoms with Gasteiger partial charge in [-0.05, 0) is 42.8 Å². The number of esters is 1. The highest BCUT2D eigenvalue weighted by molar-refractivity contribution is 6.31. The van der Waals surface area contributed by atoms with Crippen LogP contribution in [-0.4, -0.2) is 30.7 Å². The molecule has 1 fully saturated rings. The zero-order valence-corrected chi connectivity index (χ0v) is 14.5. The fourth-order valence-electron chi connectivity index (χ4n) is 2.54. The largest absolute Gasteiger partial charge is 0.462 e. The van der Waals surface area contributed by atoms with Crippen molar-refractivity contribution in [2.24, 2.45) is 0 Å². The zero-order chi connectivity index (χ0) is 19.4. The van der Waals surface area contributed by atoms with Gasteiger partial charge >= 0.3 is 5.97 Å². The minimum atomic E-state index is -0.533. The maximum absolute atomic E-state index is 12.6. The molecule has 27 heavy (non-hydrogen) atoms. The van der Waals surface area contributed by atoms with Gasteiger partial charge in [-0.3, -0.25) is 19.8 Å². The Bertz CT molecular complexity index is 930. The second-order valence-electron chi connectivity index (χ2n) is 5.69. The molecule has 0 bridgehead atoms. The van der Waals surface area contributed by atoms with Gasteiger partial charge < -0.3 is 4.74 Å². The van der Waals surface area contributed by atoms with E-state index < -0.39 is 17.8 Å². The minimum Gasteiger partial charge on any atom is -0.462 e. The van der Waals surface area contributed by atoms with Crippen molar-refractivity contribution in [3.8, 4) is 0 Å². The summed E-state index contributed by atoms with van der Waals surface area (Å²) in [4.78, 5) is 47.2. The molecule has 0 radical (unpaired) electrons. The van der Waals surface area contributed by atoms with Crippen LogP contribution in [-0.2, 0) is 14.3 Å². The normalized spacial score (nSPS) is 15.0. The van der Waals surface area contributed by atoms with Crippen LogP contribution in [0.4, 0.5) is 5.69 Å². The van der Waals surface area contributed by atoms with E-state index in [1.807, 2.05) is 0 Å². The van der Waals surface area contributed by atoms with Crippen LogP contribution in [0, 0.1) is 0 Å². The molecule has 3 rings (SSSR count). The number of anilines is 1. The highest BCUT2D eigenvalue weighted by atomic mass is 16.5. The molecule has 0 atom stereocenters. The number of benzene rings is 2. The molecular weight excluding hydrogens is 348 g/mol. The van der Waals surface area contributed by atoms with E-state index in [0.717, 1.165) is 5.01 Å². The van der Waals surface area contributed by atoms with Crippen molar-refractivity contribution in [2.75, 3.05) is 11.6 Å². The van der Waals surface area contributed by atoms with Gasteiger partial charge in [0.1, 0.15) is 11.9 Å². The van der Waals surface area contributed by atoms with E-state index in [9.17, 15) is 19.2 Å². The number of carbonyl (C=O) groups excluding carboxylic acids is 4. The van der Waals surface area contributed by atoms with Gasteiger partial charge in [0.05, 0.1) is 17.9 Å². The molecule has 1 N–H and O–H groups in total. The molecule has 2 amide bonds. The molecule has 136 valence electrons. The van der Waals surface area contributed by atoms with Crippen LogP contribution in [0.1, 0.15) is 33.2 Å². The average Bonchev–Trinajstić information content (AvgIpc) is 2.97. The van der Waals surface area contributed by atoms with Gasteiger partial charge in [-0.15, -0.1) is 0 Å². The number of nitrogens with one attached hydrogen (secondary N) is 1. The van der Waals surface area contributed by atoms with Crippen LogP contribution in [0.15, 0.2) is 54.1 Å². The fraction of sp³-hybridized carbons (Fsp3) is 0.100. The molecule has 2 aromatic rings. The minimum absolute atomic E-state index is 0.0247. The highest BCUT2D eigenvalue weighted by Gasteiger charge is 2.34. The summed E-state index contributed by atoms with van der Waals surface area (Å²) in [5.74, 6) is -1.50. The molecule has 7 nitrogen and oxygen atoms in total. The Balaban J connectivity index is 1.82. The van der Waals surface area contributed by atoms with Gasteiger partial charge in [0, 0.05) is 5.56 Å². The third-order valence-corrected chi connectivity index (χ3v) is 3.91. The quantitative estimate of drug-likeness (QED) is 0.380. The van der Waals surface area contributed by atoms with Crippen LogP contribution in [0.5, 0.6) is 0 Å². The van der Waals surface area contributed by atoms with Crippen molar-refractivity contribution < 1.29 is 23.9 Å². The molecule has 0 aromatic heterocycles. The monoisotopic (exact) mass is 364 g/mol. The summed E-state index contributed by atoms with van der Waals surface area (Å²) in [5, 5.41) is 1.11. The van der Waals surface area contributed by atoms with E-state index in [2.05, 4.69) is 5.43 Å². The highest BCUT2D eigenvalue weighted by Crippen LogP contribution is 2.22. The van der Waals surface area contributed by atoms with Crippen molar-refractivity contribution in [2.45, 2.75) is 6.92 Å². The number of hydrogen-bond acceptors (Lipinski definition) is 5. The SMILES string of the molecule is CCOC(=O)c1ccc(N2NC(=O)/C(=C\c3ccc(C=O)cc3)C2=O)cc1.